The number of rotatable bonds is 5. The quantitative estimate of drug-likeness (QED) is 0.729. The molecule has 0 saturated carbocycles. The molecule has 1 saturated heterocycles. The van der Waals surface area contributed by atoms with Gasteiger partial charge in [-0.15, -0.1) is 0 Å². The highest BCUT2D eigenvalue weighted by atomic mass is 32.2. The topological polar surface area (TPSA) is 15.3 Å². The predicted molar refractivity (Wildman–Crippen MR) is 70.8 cm³/mol. The predicted octanol–water partition coefficient (Wildman–Crippen LogP) is 2.20. The van der Waals surface area contributed by atoms with E-state index in [1.807, 2.05) is 11.8 Å². The maximum absolute atomic E-state index is 3.68. The molecule has 1 rings (SSSR count). The number of hydrogen-bond donors (Lipinski definition) is 1. The van der Waals surface area contributed by atoms with Crippen LogP contribution in [0.1, 0.15) is 33.1 Å². The first-order chi connectivity index (χ1) is 7.20. The highest BCUT2D eigenvalue weighted by molar-refractivity contribution is 7.98. The molecule has 90 valence electrons. The van der Waals surface area contributed by atoms with Crippen LogP contribution in [0.5, 0.6) is 0 Å². The van der Waals surface area contributed by atoms with Gasteiger partial charge in [-0.25, -0.2) is 0 Å². The molecule has 1 heterocycles. The van der Waals surface area contributed by atoms with Crippen LogP contribution in [0.3, 0.4) is 0 Å². The van der Waals surface area contributed by atoms with Gasteiger partial charge in [-0.3, -0.25) is 0 Å². The van der Waals surface area contributed by atoms with Gasteiger partial charge in [-0.1, -0.05) is 6.92 Å². The van der Waals surface area contributed by atoms with E-state index in [9.17, 15) is 0 Å². The average Bonchev–Trinajstić information content (AvgIpc) is 2.42. The fourth-order valence-electron chi connectivity index (χ4n) is 2.18. The summed E-state index contributed by atoms with van der Waals surface area (Å²) in [4.78, 5) is 2.64. The zero-order valence-corrected chi connectivity index (χ0v) is 11.3. The summed E-state index contributed by atoms with van der Waals surface area (Å²) in [6.45, 7) is 9.61. The third-order valence-corrected chi connectivity index (χ3v) is 4.08. The Kier molecular flexibility index (Phi) is 6.02. The first kappa shape index (κ1) is 13.3. The fraction of sp³-hybridized carbons (Fsp3) is 1.00. The Bertz CT molecular complexity index is 175. The molecule has 0 amide bonds. The van der Waals surface area contributed by atoms with Crippen molar-refractivity contribution in [1.82, 2.24) is 10.2 Å². The lowest BCUT2D eigenvalue weighted by Gasteiger charge is -2.32. The molecule has 1 aliphatic rings. The summed E-state index contributed by atoms with van der Waals surface area (Å²) >= 11 is 1.96. The van der Waals surface area contributed by atoms with Crippen molar-refractivity contribution < 1.29 is 0 Å². The van der Waals surface area contributed by atoms with Gasteiger partial charge in [0.2, 0.25) is 0 Å². The van der Waals surface area contributed by atoms with Crippen LogP contribution in [-0.4, -0.2) is 48.6 Å². The van der Waals surface area contributed by atoms with Gasteiger partial charge in [-0.2, -0.15) is 11.8 Å². The Labute approximate surface area is 99.2 Å². The maximum Gasteiger partial charge on any atom is 0.0277 e. The van der Waals surface area contributed by atoms with Crippen LogP contribution in [0.25, 0.3) is 0 Å². The molecule has 15 heavy (non-hydrogen) atoms. The molecule has 1 fully saturated rings. The van der Waals surface area contributed by atoms with Crippen molar-refractivity contribution in [3.63, 3.8) is 0 Å². The maximum atomic E-state index is 3.68. The van der Waals surface area contributed by atoms with E-state index in [4.69, 9.17) is 0 Å². The third kappa shape index (κ3) is 4.75. The highest BCUT2D eigenvalue weighted by Gasteiger charge is 2.26. The van der Waals surface area contributed by atoms with E-state index in [-0.39, 0.29) is 0 Å². The van der Waals surface area contributed by atoms with Crippen molar-refractivity contribution in [2.24, 2.45) is 0 Å². The minimum Gasteiger partial charge on any atom is -0.310 e. The molecule has 2 nitrogen and oxygen atoms in total. The molecule has 1 N–H and O–H groups in total. The van der Waals surface area contributed by atoms with Crippen molar-refractivity contribution in [2.45, 2.75) is 38.6 Å². The second-order valence-corrected chi connectivity index (χ2v) is 5.80. The molecule has 0 spiro atoms. The van der Waals surface area contributed by atoms with Gasteiger partial charge in [0.05, 0.1) is 0 Å². The van der Waals surface area contributed by atoms with Gasteiger partial charge < -0.3 is 10.2 Å². The number of hydrogen-bond acceptors (Lipinski definition) is 3. The molecule has 0 aliphatic carbocycles. The van der Waals surface area contributed by atoms with Crippen LogP contribution >= 0.6 is 11.8 Å². The van der Waals surface area contributed by atoms with Crippen molar-refractivity contribution in [3.8, 4) is 0 Å². The van der Waals surface area contributed by atoms with E-state index in [1.165, 1.54) is 51.2 Å². The van der Waals surface area contributed by atoms with Gasteiger partial charge in [0.15, 0.2) is 0 Å². The molecule has 0 radical (unpaired) electrons. The Morgan fingerprint density at radius 1 is 1.47 bits per heavy atom. The van der Waals surface area contributed by atoms with Crippen LogP contribution in [0.2, 0.25) is 0 Å². The lowest BCUT2D eigenvalue weighted by Crippen LogP contribution is -2.48. The molecule has 3 heteroatoms. The van der Waals surface area contributed by atoms with E-state index in [0.717, 1.165) is 0 Å². The molecule has 0 aromatic heterocycles. The fourth-order valence-corrected chi connectivity index (χ4v) is 2.60. The second kappa shape index (κ2) is 6.77. The SMILES string of the molecule is CCC1(C)CN(CCCSC)CCCN1. The van der Waals surface area contributed by atoms with E-state index < -0.39 is 0 Å². The Morgan fingerprint density at radius 3 is 2.93 bits per heavy atom. The van der Waals surface area contributed by atoms with Crippen molar-refractivity contribution in [1.29, 1.82) is 0 Å². The van der Waals surface area contributed by atoms with Crippen LogP contribution in [-0.2, 0) is 0 Å². The van der Waals surface area contributed by atoms with Gasteiger partial charge >= 0.3 is 0 Å². The van der Waals surface area contributed by atoms with Gasteiger partial charge in [0.25, 0.3) is 0 Å². The zero-order chi connectivity index (χ0) is 11.1. The van der Waals surface area contributed by atoms with E-state index in [1.54, 1.807) is 0 Å². The molecule has 0 aromatic carbocycles. The summed E-state index contributed by atoms with van der Waals surface area (Å²) in [5.74, 6) is 1.30. The van der Waals surface area contributed by atoms with Crippen LogP contribution in [0, 0.1) is 0 Å². The van der Waals surface area contributed by atoms with Crippen molar-refractivity contribution >= 4 is 11.8 Å². The third-order valence-electron chi connectivity index (χ3n) is 3.38. The average molecular weight is 230 g/mol. The molecule has 0 aromatic rings. The summed E-state index contributed by atoms with van der Waals surface area (Å²) in [6.07, 6.45) is 6.06. The van der Waals surface area contributed by atoms with Gasteiger partial charge in [-0.05, 0) is 57.8 Å². The standard InChI is InChI=1S/C12H26N2S/c1-4-12(2)11-14(8-5-7-13-12)9-6-10-15-3/h13H,4-11H2,1-3H3. The van der Waals surface area contributed by atoms with Crippen LogP contribution in [0.15, 0.2) is 0 Å². The Morgan fingerprint density at radius 2 is 2.27 bits per heavy atom. The largest absolute Gasteiger partial charge is 0.310 e. The normalized spacial score (nSPS) is 29.0. The van der Waals surface area contributed by atoms with Crippen molar-refractivity contribution in [2.75, 3.05) is 38.2 Å². The lowest BCUT2D eigenvalue weighted by atomic mass is 9.98. The first-order valence-electron chi connectivity index (χ1n) is 6.16. The minimum atomic E-state index is 0.343. The molecular formula is C12H26N2S. The highest BCUT2D eigenvalue weighted by Crippen LogP contribution is 2.15. The van der Waals surface area contributed by atoms with E-state index in [0.29, 0.717) is 5.54 Å². The lowest BCUT2D eigenvalue weighted by molar-refractivity contribution is 0.216. The van der Waals surface area contributed by atoms with E-state index in [2.05, 4.69) is 30.3 Å². The van der Waals surface area contributed by atoms with E-state index >= 15 is 0 Å². The number of nitrogens with zero attached hydrogens (tertiary/aromatic N) is 1. The monoisotopic (exact) mass is 230 g/mol. The molecular weight excluding hydrogens is 204 g/mol. The van der Waals surface area contributed by atoms with Gasteiger partial charge in [0.1, 0.15) is 0 Å². The van der Waals surface area contributed by atoms with Gasteiger partial charge in [0, 0.05) is 12.1 Å². The summed E-state index contributed by atoms with van der Waals surface area (Å²) in [7, 11) is 0. The van der Waals surface area contributed by atoms with Crippen LogP contribution < -0.4 is 5.32 Å². The molecule has 1 atom stereocenters. The van der Waals surface area contributed by atoms with Crippen LogP contribution in [0.4, 0.5) is 0 Å². The number of nitrogens with one attached hydrogen (secondary N) is 1. The second-order valence-electron chi connectivity index (χ2n) is 4.82. The minimum absolute atomic E-state index is 0.343. The van der Waals surface area contributed by atoms with Crippen molar-refractivity contribution in [3.05, 3.63) is 0 Å². The number of thioether (sulfide) groups is 1. The summed E-state index contributed by atoms with van der Waals surface area (Å²) < 4.78 is 0. The summed E-state index contributed by atoms with van der Waals surface area (Å²) in [5, 5.41) is 3.68. The molecule has 0 bridgehead atoms. The molecule has 1 unspecified atom stereocenters. The first-order valence-corrected chi connectivity index (χ1v) is 7.56. The Balaban J connectivity index is 2.36. The Hall–Kier alpha value is 0.270. The zero-order valence-electron chi connectivity index (χ0n) is 10.5. The summed E-state index contributed by atoms with van der Waals surface area (Å²) in [6, 6.07) is 0. The smallest absolute Gasteiger partial charge is 0.0277 e. The summed E-state index contributed by atoms with van der Waals surface area (Å²) in [5.41, 5.74) is 0.343. The molecule has 1 aliphatic heterocycles.